The van der Waals surface area contributed by atoms with E-state index in [-0.39, 0.29) is 11.6 Å². The van der Waals surface area contributed by atoms with Crippen molar-refractivity contribution >= 4 is 35.6 Å². The SMILES string of the molecule is Cc1cc(C)c(NC(=O)c2cc(C)nc(N3CCN(C=O)CC3)n2)c(Cl)c1. The molecule has 2 heterocycles. The van der Waals surface area contributed by atoms with E-state index in [9.17, 15) is 9.59 Å². The van der Waals surface area contributed by atoms with Crippen LogP contribution in [-0.4, -0.2) is 53.4 Å². The summed E-state index contributed by atoms with van der Waals surface area (Å²) < 4.78 is 0. The maximum absolute atomic E-state index is 12.8. The van der Waals surface area contributed by atoms with Gasteiger partial charge >= 0.3 is 0 Å². The largest absolute Gasteiger partial charge is 0.342 e. The lowest BCUT2D eigenvalue weighted by Gasteiger charge is -2.32. The Morgan fingerprint density at radius 1 is 1.11 bits per heavy atom. The molecule has 0 atom stereocenters. The van der Waals surface area contributed by atoms with E-state index in [1.807, 2.05) is 37.8 Å². The average molecular weight is 388 g/mol. The number of carbonyl (C=O) groups is 2. The minimum absolute atomic E-state index is 0.284. The molecule has 7 nitrogen and oxygen atoms in total. The summed E-state index contributed by atoms with van der Waals surface area (Å²) in [6, 6.07) is 5.43. The molecule has 0 bridgehead atoms. The van der Waals surface area contributed by atoms with Crippen LogP contribution in [0, 0.1) is 20.8 Å². The topological polar surface area (TPSA) is 78.4 Å². The molecule has 27 heavy (non-hydrogen) atoms. The number of rotatable bonds is 4. The third-order valence-electron chi connectivity index (χ3n) is 4.49. The fraction of sp³-hybridized carbons (Fsp3) is 0.368. The van der Waals surface area contributed by atoms with Crippen molar-refractivity contribution in [3.63, 3.8) is 0 Å². The van der Waals surface area contributed by atoms with E-state index >= 15 is 0 Å². The quantitative estimate of drug-likeness (QED) is 0.816. The molecular formula is C19H22ClN5O2. The van der Waals surface area contributed by atoms with Crippen LogP contribution in [0.25, 0.3) is 0 Å². The van der Waals surface area contributed by atoms with E-state index < -0.39 is 0 Å². The number of nitrogens with zero attached hydrogens (tertiary/aromatic N) is 4. The normalized spacial score (nSPS) is 14.2. The molecule has 2 aromatic rings. The second kappa shape index (κ2) is 7.92. The predicted molar refractivity (Wildman–Crippen MR) is 105 cm³/mol. The maximum Gasteiger partial charge on any atom is 0.274 e. The summed E-state index contributed by atoms with van der Waals surface area (Å²) in [5.41, 5.74) is 3.50. The second-order valence-electron chi connectivity index (χ2n) is 6.72. The standard InChI is InChI=1S/C19H22ClN5O2/c1-12-8-13(2)17(15(20)9-12)23-18(27)16-10-14(3)21-19(22-16)25-6-4-24(11-26)5-7-25/h8-11H,4-7H2,1-3H3,(H,23,27). The van der Waals surface area contributed by atoms with Crippen LogP contribution in [0.15, 0.2) is 18.2 Å². The van der Waals surface area contributed by atoms with Crippen LogP contribution in [0.5, 0.6) is 0 Å². The van der Waals surface area contributed by atoms with Crippen molar-refractivity contribution in [2.45, 2.75) is 20.8 Å². The van der Waals surface area contributed by atoms with Gasteiger partial charge in [-0.3, -0.25) is 9.59 Å². The van der Waals surface area contributed by atoms with Gasteiger partial charge in [-0.15, -0.1) is 0 Å². The molecule has 142 valence electrons. The van der Waals surface area contributed by atoms with Gasteiger partial charge in [0.05, 0.1) is 10.7 Å². The van der Waals surface area contributed by atoms with Crippen LogP contribution in [-0.2, 0) is 4.79 Å². The lowest BCUT2D eigenvalue weighted by Crippen LogP contribution is -2.46. The minimum atomic E-state index is -0.331. The monoisotopic (exact) mass is 387 g/mol. The zero-order chi connectivity index (χ0) is 19.6. The molecule has 1 aliphatic heterocycles. The first-order valence-corrected chi connectivity index (χ1v) is 9.13. The Hall–Kier alpha value is -2.67. The number of anilines is 2. The Morgan fingerprint density at radius 2 is 1.81 bits per heavy atom. The van der Waals surface area contributed by atoms with E-state index in [1.165, 1.54) is 0 Å². The van der Waals surface area contributed by atoms with E-state index in [0.717, 1.165) is 17.5 Å². The number of piperazine rings is 1. The number of benzene rings is 1. The van der Waals surface area contributed by atoms with Gasteiger partial charge in [0, 0.05) is 31.9 Å². The summed E-state index contributed by atoms with van der Waals surface area (Å²) >= 11 is 6.29. The lowest BCUT2D eigenvalue weighted by molar-refractivity contribution is -0.118. The Labute approximate surface area is 163 Å². The van der Waals surface area contributed by atoms with Gasteiger partial charge in [0.1, 0.15) is 5.69 Å². The summed E-state index contributed by atoms with van der Waals surface area (Å²) in [6.45, 7) is 8.17. The van der Waals surface area contributed by atoms with Crippen molar-refractivity contribution in [3.05, 3.63) is 45.7 Å². The third kappa shape index (κ3) is 4.36. The number of aromatic nitrogens is 2. The summed E-state index contributed by atoms with van der Waals surface area (Å²) in [5, 5.41) is 3.36. The van der Waals surface area contributed by atoms with Crippen LogP contribution in [0.1, 0.15) is 27.3 Å². The van der Waals surface area contributed by atoms with Gasteiger partial charge in [0.25, 0.3) is 5.91 Å². The number of nitrogens with one attached hydrogen (secondary N) is 1. The van der Waals surface area contributed by atoms with E-state index in [1.54, 1.807) is 11.0 Å². The average Bonchev–Trinajstić information content (AvgIpc) is 2.64. The molecule has 0 aliphatic carbocycles. The van der Waals surface area contributed by atoms with Gasteiger partial charge < -0.3 is 15.1 Å². The van der Waals surface area contributed by atoms with Gasteiger partial charge in [-0.2, -0.15) is 0 Å². The molecule has 1 saturated heterocycles. The number of hydrogen-bond acceptors (Lipinski definition) is 5. The van der Waals surface area contributed by atoms with E-state index in [2.05, 4.69) is 15.3 Å². The Kier molecular flexibility index (Phi) is 5.60. The third-order valence-corrected chi connectivity index (χ3v) is 4.79. The Morgan fingerprint density at radius 3 is 2.44 bits per heavy atom. The number of halogens is 1. The van der Waals surface area contributed by atoms with Crippen LogP contribution in [0.2, 0.25) is 5.02 Å². The van der Waals surface area contributed by atoms with Gasteiger partial charge in [-0.25, -0.2) is 9.97 Å². The van der Waals surface area contributed by atoms with Crippen LogP contribution < -0.4 is 10.2 Å². The van der Waals surface area contributed by atoms with Gasteiger partial charge in [0.2, 0.25) is 12.4 Å². The molecule has 0 spiro atoms. The number of hydrogen-bond donors (Lipinski definition) is 1. The molecule has 1 fully saturated rings. The summed E-state index contributed by atoms with van der Waals surface area (Å²) in [6.07, 6.45) is 0.848. The maximum atomic E-state index is 12.8. The van der Waals surface area contributed by atoms with Crippen LogP contribution in [0.3, 0.4) is 0 Å². The van der Waals surface area contributed by atoms with E-state index in [0.29, 0.717) is 48.5 Å². The highest BCUT2D eigenvalue weighted by atomic mass is 35.5. The smallest absolute Gasteiger partial charge is 0.274 e. The minimum Gasteiger partial charge on any atom is -0.342 e. The molecule has 0 unspecified atom stereocenters. The number of carbonyl (C=O) groups excluding carboxylic acids is 2. The van der Waals surface area contributed by atoms with E-state index in [4.69, 9.17) is 11.6 Å². The predicted octanol–water partition coefficient (Wildman–Crippen LogP) is 2.59. The Bertz CT molecular complexity index is 855. The summed E-state index contributed by atoms with van der Waals surface area (Å²) in [4.78, 5) is 36.2. The Balaban J connectivity index is 1.82. The molecule has 1 N–H and O–H groups in total. The van der Waals surface area contributed by atoms with Crippen LogP contribution in [0.4, 0.5) is 11.6 Å². The second-order valence-corrected chi connectivity index (χ2v) is 7.12. The van der Waals surface area contributed by atoms with Crippen molar-refractivity contribution in [3.8, 4) is 0 Å². The summed E-state index contributed by atoms with van der Waals surface area (Å²) in [7, 11) is 0. The fourth-order valence-corrected chi connectivity index (χ4v) is 3.46. The molecule has 1 aromatic heterocycles. The van der Waals surface area contributed by atoms with Crippen LogP contribution >= 0.6 is 11.6 Å². The fourth-order valence-electron chi connectivity index (χ4n) is 3.09. The molecule has 2 amide bonds. The van der Waals surface area contributed by atoms with Crippen molar-refractivity contribution in [2.24, 2.45) is 0 Å². The highest BCUT2D eigenvalue weighted by molar-refractivity contribution is 6.34. The highest BCUT2D eigenvalue weighted by Gasteiger charge is 2.20. The van der Waals surface area contributed by atoms with Gasteiger partial charge in [-0.05, 0) is 44.0 Å². The van der Waals surface area contributed by atoms with Crippen molar-refractivity contribution < 1.29 is 9.59 Å². The molecule has 0 saturated carbocycles. The van der Waals surface area contributed by atoms with Crippen molar-refractivity contribution in [2.75, 3.05) is 36.4 Å². The number of amides is 2. The molecule has 0 radical (unpaired) electrons. The molecular weight excluding hydrogens is 366 g/mol. The van der Waals surface area contributed by atoms with Crippen molar-refractivity contribution in [1.82, 2.24) is 14.9 Å². The summed E-state index contributed by atoms with van der Waals surface area (Å²) in [5.74, 6) is 0.166. The van der Waals surface area contributed by atoms with Gasteiger partial charge in [0.15, 0.2) is 0 Å². The van der Waals surface area contributed by atoms with Crippen molar-refractivity contribution in [1.29, 1.82) is 0 Å². The first-order chi connectivity index (χ1) is 12.9. The van der Waals surface area contributed by atoms with Gasteiger partial charge in [-0.1, -0.05) is 17.7 Å². The highest BCUT2D eigenvalue weighted by Crippen LogP contribution is 2.27. The first kappa shape index (κ1) is 19.1. The lowest BCUT2D eigenvalue weighted by atomic mass is 10.1. The molecule has 1 aromatic carbocycles. The zero-order valence-corrected chi connectivity index (χ0v) is 16.4. The first-order valence-electron chi connectivity index (χ1n) is 8.75. The number of aryl methyl sites for hydroxylation is 3. The zero-order valence-electron chi connectivity index (χ0n) is 15.6. The molecule has 3 rings (SSSR count). The molecule has 1 aliphatic rings. The molecule has 8 heteroatoms.